The zero-order valence-electron chi connectivity index (χ0n) is 12.7. The molecule has 2 atom stereocenters. The maximum Gasteiger partial charge on any atom is 0.311 e. The van der Waals surface area contributed by atoms with Crippen LogP contribution in [-0.4, -0.2) is 21.7 Å². The molecule has 0 spiro atoms. The van der Waals surface area contributed by atoms with Crippen LogP contribution in [-0.2, 0) is 17.8 Å². The van der Waals surface area contributed by atoms with E-state index in [0.29, 0.717) is 42.3 Å². The van der Waals surface area contributed by atoms with Crippen molar-refractivity contribution < 1.29 is 14.3 Å². The minimum Gasteiger partial charge on any atom is -0.481 e. The van der Waals surface area contributed by atoms with Crippen molar-refractivity contribution in [2.45, 2.75) is 44.7 Å². The molecule has 0 bridgehead atoms. The fraction of sp³-hybridized carbons (Fsp3) is 0.438. The van der Waals surface area contributed by atoms with Crippen LogP contribution in [0, 0.1) is 5.82 Å². The number of para-hydroxylation sites is 1. The summed E-state index contributed by atoms with van der Waals surface area (Å²) in [5.74, 6) is -1.94. The van der Waals surface area contributed by atoms with Gasteiger partial charge in [-0.15, -0.1) is 0 Å². The van der Waals surface area contributed by atoms with Crippen molar-refractivity contribution in [2.24, 2.45) is 5.11 Å². The Morgan fingerprint density at radius 2 is 2.39 bits per heavy atom. The molecule has 0 amide bonds. The lowest BCUT2D eigenvalue weighted by Crippen LogP contribution is -2.24. The van der Waals surface area contributed by atoms with Crippen LogP contribution in [0.5, 0.6) is 0 Å². The summed E-state index contributed by atoms with van der Waals surface area (Å²) in [6.45, 7) is 2.20. The molecule has 0 saturated heterocycles. The lowest BCUT2D eigenvalue weighted by molar-refractivity contribution is -0.138. The van der Waals surface area contributed by atoms with Crippen molar-refractivity contribution in [3.8, 4) is 0 Å². The first-order valence-electron chi connectivity index (χ1n) is 7.65. The first-order chi connectivity index (χ1) is 11.1. The highest BCUT2D eigenvalue weighted by atomic mass is 19.1. The third kappa shape index (κ3) is 2.43. The molecule has 1 aromatic heterocycles. The Morgan fingerprint density at radius 3 is 3.04 bits per heavy atom. The van der Waals surface area contributed by atoms with E-state index in [1.165, 1.54) is 6.07 Å². The van der Waals surface area contributed by atoms with E-state index in [2.05, 4.69) is 10.0 Å². The summed E-state index contributed by atoms with van der Waals surface area (Å²) in [6, 6.07) is 4.51. The van der Waals surface area contributed by atoms with E-state index < -0.39 is 11.9 Å². The molecule has 120 valence electrons. The Morgan fingerprint density at radius 1 is 1.61 bits per heavy atom. The molecule has 1 aromatic carbocycles. The largest absolute Gasteiger partial charge is 0.481 e. The molecule has 0 fully saturated rings. The Bertz CT molecular complexity index is 823. The minimum atomic E-state index is -0.899. The normalized spacial score (nSPS) is 18.3. The molecule has 1 N–H and O–H groups in total. The number of nitrogens with zero attached hydrogens (tertiary/aromatic N) is 4. The van der Waals surface area contributed by atoms with Gasteiger partial charge in [0.15, 0.2) is 0 Å². The van der Waals surface area contributed by atoms with Crippen LogP contribution < -0.4 is 0 Å². The second-order valence-electron chi connectivity index (χ2n) is 5.80. The van der Waals surface area contributed by atoms with Gasteiger partial charge in [0, 0.05) is 22.5 Å². The van der Waals surface area contributed by atoms with Gasteiger partial charge >= 0.3 is 5.97 Å². The second kappa shape index (κ2) is 5.93. The molecule has 3 rings (SSSR count). The van der Waals surface area contributed by atoms with Crippen LogP contribution >= 0.6 is 0 Å². The number of hydrogen-bond donors (Lipinski definition) is 1. The van der Waals surface area contributed by atoms with E-state index in [0.717, 1.165) is 5.69 Å². The van der Waals surface area contributed by atoms with E-state index in [-0.39, 0.29) is 11.9 Å². The zero-order chi connectivity index (χ0) is 16.6. The van der Waals surface area contributed by atoms with Crippen LogP contribution in [0.25, 0.3) is 21.3 Å². The van der Waals surface area contributed by atoms with E-state index in [1.54, 1.807) is 16.7 Å². The molecule has 6 nitrogen and oxygen atoms in total. The molecule has 1 aliphatic heterocycles. The van der Waals surface area contributed by atoms with Crippen molar-refractivity contribution in [1.82, 2.24) is 4.57 Å². The molecular weight excluding hydrogens is 299 g/mol. The lowest BCUT2D eigenvalue weighted by Gasteiger charge is -2.23. The molecule has 2 aromatic rings. The summed E-state index contributed by atoms with van der Waals surface area (Å²) < 4.78 is 16.2. The Kier molecular flexibility index (Phi) is 3.96. The van der Waals surface area contributed by atoms with Crippen molar-refractivity contribution >= 4 is 16.9 Å². The first-order valence-corrected chi connectivity index (χ1v) is 7.65. The molecule has 0 radical (unpaired) electrons. The summed E-state index contributed by atoms with van der Waals surface area (Å²) in [5, 5.41) is 13.9. The van der Waals surface area contributed by atoms with Gasteiger partial charge < -0.3 is 9.67 Å². The summed E-state index contributed by atoms with van der Waals surface area (Å²) in [4.78, 5) is 14.5. The van der Waals surface area contributed by atoms with Gasteiger partial charge in [0.05, 0.1) is 17.5 Å². The van der Waals surface area contributed by atoms with Crippen LogP contribution in [0.1, 0.15) is 36.9 Å². The van der Waals surface area contributed by atoms with E-state index in [9.17, 15) is 14.3 Å². The quantitative estimate of drug-likeness (QED) is 0.525. The number of aromatic nitrogens is 1. The smallest absolute Gasteiger partial charge is 0.311 e. The van der Waals surface area contributed by atoms with Gasteiger partial charge in [-0.25, -0.2) is 4.39 Å². The Labute approximate surface area is 132 Å². The highest BCUT2D eigenvalue weighted by Gasteiger charge is 2.31. The predicted octanol–water partition coefficient (Wildman–Crippen LogP) is 3.98. The van der Waals surface area contributed by atoms with Gasteiger partial charge in [-0.05, 0) is 36.4 Å². The monoisotopic (exact) mass is 316 g/mol. The summed E-state index contributed by atoms with van der Waals surface area (Å²) in [5.41, 5.74) is 10.6. The number of carbonyl (C=O) groups is 1. The third-order valence-electron chi connectivity index (χ3n) is 4.56. The first kappa shape index (κ1) is 15.4. The number of halogens is 1. The lowest BCUT2D eigenvalue weighted by atomic mass is 9.91. The van der Waals surface area contributed by atoms with Crippen molar-refractivity contribution in [1.29, 1.82) is 0 Å². The molecule has 7 heteroatoms. The number of azide groups is 1. The Hall–Kier alpha value is -2.53. The fourth-order valence-electron chi connectivity index (χ4n) is 3.58. The highest BCUT2D eigenvalue weighted by Crippen LogP contribution is 2.38. The van der Waals surface area contributed by atoms with Gasteiger partial charge in [0.2, 0.25) is 0 Å². The van der Waals surface area contributed by atoms with Gasteiger partial charge in [0.25, 0.3) is 0 Å². The van der Waals surface area contributed by atoms with Crippen LogP contribution in [0.2, 0.25) is 0 Å². The number of carboxylic acids is 1. The number of aliphatic carboxylic acids is 1. The number of hydrogen-bond acceptors (Lipinski definition) is 2. The standard InChI is InChI=1S/C16H17FN4O2/c1-2-10(16(22)23)14-11-4-3-5-12(17)15(11)21-8-9(19-20-18)6-7-13(14)21/h3-5,9-10H,2,6-8H2,1H3,(H,22,23)/t9-,10?/m1/s1. The molecule has 2 heterocycles. The number of carboxylic acid groups (broad SMARTS) is 1. The van der Waals surface area contributed by atoms with Crippen LogP contribution in [0.3, 0.4) is 0 Å². The van der Waals surface area contributed by atoms with Crippen molar-refractivity contribution in [2.75, 3.05) is 0 Å². The topological polar surface area (TPSA) is 91.0 Å². The van der Waals surface area contributed by atoms with Crippen LogP contribution in [0.4, 0.5) is 4.39 Å². The number of fused-ring (bicyclic) bond motifs is 3. The molecule has 0 aliphatic carbocycles. The van der Waals surface area contributed by atoms with Crippen molar-refractivity contribution in [3.63, 3.8) is 0 Å². The SMILES string of the molecule is CCC(C(=O)O)c1c2n(c3c(F)cccc13)C[C@H](N=[N+]=[N-])CC2. The minimum absolute atomic E-state index is 0.236. The van der Waals surface area contributed by atoms with Gasteiger partial charge in [0.1, 0.15) is 5.82 Å². The van der Waals surface area contributed by atoms with Gasteiger partial charge in [-0.2, -0.15) is 0 Å². The summed E-state index contributed by atoms with van der Waals surface area (Å²) in [7, 11) is 0. The van der Waals surface area contributed by atoms with E-state index >= 15 is 0 Å². The van der Waals surface area contributed by atoms with E-state index in [4.69, 9.17) is 5.53 Å². The molecule has 0 saturated carbocycles. The van der Waals surface area contributed by atoms with Crippen LogP contribution in [0.15, 0.2) is 23.3 Å². The van der Waals surface area contributed by atoms with E-state index in [1.807, 2.05) is 6.92 Å². The number of benzene rings is 1. The molecule has 1 aliphatic rings. The molecule has 1 unspecified atom stereocenters. The molecular formula is C16H17FN4O2. The van der Waals surface area contributed by atoms with Gasteiger partial charge in [-0.1, -0.05) is 24.2 Å². The van der Waals surface area contributed by atoms with Gasteiger partial charge in [-0.3, -0.25) is 4.79 Å². The maximum absolute atomic E-state index is 14.4. The maximum atomic E-state index is 14.4. The average molecular weight is 316 g/mol. The third-order valence-corrected chi connectivity index (χ3v) is 4.56. The Balaban J connectivity index is 2.28. The second-order valence-corrected chi connectivity index (χ2v) is 5.80. The number of rotatable bonds is 4. The van der Waals surface area contributed by atoms with Crippen molar-refractivity contribution in [3.05, 3.63) is 45.7 Å². The zero-order valence-corrected chi connectivity index (χ0v) is 12.7. The summed E-state index contributed by atoms with van der Waals surface area (Å²) >= 11 is 0. The molecule has 23 heavy (non-hydrogen) atoms. The highest BCUT2D eigenvalue weighted by molar-refractivity contribution is 5.91. The average Bonchev–Trinajstić information content (AvgIpc) is 2.84. The predicted molar refractivity (Wildman–Crippen MR) is 83.8 cm³/mol. The summed E-state index contributed by atoms with van der Waals surface area (Å²) in [6.07, 6.45) is 1.67. The fourth-order valence-corrected chi connectivity index (χ4v) is 3.58.